The van der Waals surface area contributed by atoms with E-state index in [0.29, 0.717) is 31.4 Å². The van der Waals surface area contributed by atoms with Crippen LogP contribution in [0.3, 0.4) is 0 Å². The minimum absolute atomic E-state index is 0.0682. The summed E-state index contributed by atoms with van der Waals surface area (Å²) in [4.78, 5) is 14.0. The normalized spacial score (nSPS) is 28.6. The highest BCUT2D eigenvalue weighted by Crippen LogP contribution is 2.37. The van der Waals surface area contributed by atoms with Gasteiger partial charge in [0.25, 0.3) is 0 Å². The molecule has 1 aromatic rings. The molecule has 1 aromatic carbocycles. The Morgan fingerprint density at radius 3 is 2.25 bits per heavy atom. The highest BCUT2D eigenvalue weighted by atomic mass is 19.4. The van der Waals surface area contributed by atoms with Crippen LogP contribution in [0.15, 0.2) is 18.2 Å². The number of piperidine rings is 1. The van der Waals surface area contributed by atoms with E-state index in [-0.39, 0.29) is 30.1 Å². The van der Waals surface area contributed by atoms with E-state index in [1.54, 1.807) is 11.8 Å². The first kappa shape index (κ1) is 20.9. The highest BCUT2D eigenvalue weighted by Gasteiger charge is 2.46. The molecular formula is C18H20F6N2O2. The molecule has 3 atom stereocenters. The number of nitrogens with zero attached hydrogens (tertiary/aromatic N) is 1. The summed E-state index contributed by atoms with van der Waals surface area (Å²) < 4.78 is 83.1. The lowest BCUT2D eigenvalue weighted by Gasteiger charge is -2.38. The van der Waals surface area contributed by atoms with Crippen molar-refractivity contribution in [2.24, 2.45) is 5.73 Å². The van der Waals surface area contributed by atoms with Crippen LogP contribution in [0.1, 0.15) is 42.9 Å². The topological polar surface area (TPSA) is 55.6 Å². The molecule has 2 aliphatic rings. The van der Waals surface area contributed by atoms with Crippen molar-refractivity contribution in [2.75, 3.05) is 6.54 Å². The van der Waals surface area contributed by atoms with Crippen molar-refractivity contribution >= 4 is 5.91 Å². The third-order valence-corrected chi connectivity index (χ3v) is 5.26. The number of hydrogen-bond acceptors (Lipinski definition) is 3. The molecule has 0 spiro atoms. The molecule has 1 amide bonds. The van der Waals surface area contributed by atoms with E-state index in [0.717, 1.165) is 0 Å². The van der Waals surface area contributed by atoms with Crippen molar-refractivity contribution in [3.05, 3.63) is 34.9 Å². The molecule has 3 rings (SSSR count). The lowest BCUT2D eigenvalue weighted by atomic mass is 9.88. The molecule has 0 aliphatic carbocycles. The van der Waals surface area contributed by atoms with Gasteiger partial charge in [-0.1, -0.05) is 0 Å². The largest absolute Gasteiger partial charge is 0.416 e. The molecule has 0 saturated carbocycles. The van der Waals surface area contributed by atoms with Crippen molar-refractivity contribution in [3.8, 4) is 0 Å². The number of halogens is 6. The van der Waals surface area contributed by atoms with Crippen molar-refractivity contribution in [2.45, 2.75) is 62.8 Å². The van der Waals surface area contributed by atoms with Gasteiger partial charge in [-0.05, 0) is 49.9 Å². The summed E-state index contributed by atoms with van der Waals surface area (Å²) in [5.41, 5.74) is 2.02. The van der Waals surface area contributed by atoms with E-state index in [2.05, 4.69) is 0 Å². The standard InChI is InChI=1S/C18H20F6N2O2/c1-16(25)3-2-13-7-14(8-26(13)15(16)27)28-9-10-4-11(17(19,20)21)6-12(5-10)18(22,23)24/h4-6,13-14H,2-3,7-9,25H2,1H3. The molecule has 2 aliphatic heterocycles. The van der Waals surface area contributed by atoms with Gasteiger partial charge in [0.05, 0.1) is 29.4 Å². The number of benzene rings is 1. The number of ether oxygens (including phenoxy) is 1. The fraction of sp³-hybridized carbons (Fsp3) is 0.611. The van der Waals surface area contributed by atoms with E-state index >= 15 is 0 Å². The van der Waals surface area contributed by atoms with Crippen LogP contribution in [0.5, 0.6) is 0 Å². The number of carbonyl (C=O) groups is 1. The third kappa shape index (κ3) is 4.27. The summed E-state index contributed by atoms with van der Waals surface area (Å²) in [6, 6.07) is 1.32. The van der Waals surface area contributed by atoms with Crippen LogP contribution in [-0.2, 0) is 28.5 Å². The van der Waals surface area contributed by atoms with Gasteiger partial charge in [-0.2, -0.15) is 26.3 Å². The second-order valence-corrected chi connectivity index (χ2v) is 7.65. The number of alkyl halides is 6. The Labute approximate surface area is 157 Å². The first-order valence-corrected chi connectivity index (χ1v) is 8.77. The van der Waals surface area contributed by atoms with Crippen molar-refractivity contribution in [1.29, 1.82) is 0 Å². The number of hydrogen-bond donors (Lipinski definition) is 1. The Hall–Kier alpha value is -1.81. The number of nitrogens with two attached hydrogens (primary N) is 1. The molecule has 0 radical (unpaired) electrons. The molecular weight excluding hydrogens is 390 g/mol. The number of fused-ring (bicyclic) bond motifs is 1. The third-order valence-electron chi connectivity index (χ3n) is 5.26. The quantitative estimate of drug-likeness (QED) is 0.773. The number of amides is 1. The van der Waals surface area contributed by atoms with Crippen LogP contribution in [0.2, 0.25) is 0 Å². The van der Waals surface area contributed by atoms with Crippen molar-refractivity contribution in [3.63, 3.8) is 0 Å². The SMILES string of the molecule is CC1(N)CCC2CC(OCc3cc(C(F)(F)F)cc(C(F)(F)F)c3)CN2C1=O. The Morgan fingerprint density at radius 1 is 1.14 bits per heavy atom. The zero-order chi connectivity index (χ0) is 20.9. The van der Waals surface area contributed by atoms with E-state index in [9.17, 15) is 31.1 Å². The van der Waals surface area contributed by atoms with E-state index in [1.165, 1.54) is 0 Å². The molecule has 4 nitrogen and oxygen atoms in total. The molecule has 28 heavy (non-hydrogen) atoms. The lowest BCUT2D eigenvalue weighted by Crippen LogP contribution is -2.58. The maximum Gasteiger partial charge on any atom is 0.416 e. The summed E-state index contributed by atoms with van der Waals surface area (Å²) in [5, 5.41) is 0. The Bertz CT molecular complexity index is 727. The Balaban J connectivity index is 1.72. The first-order valence-electron chi connectivity index (χ1n) is 8.77. The molecule has 3 unspecified atom stereocenters. The molecule has 2 saturated heterocycles. The highest BCUT2D eigenvalue weighted by molar-refractivity contribution is 5.87. The second kappa shape index (κ2) is 6.91. The van der Waals surface area contributed by atoms with Gasteiger partial charge in [-0.25, -0.2) is 0 Å². The summed E-state index contributed by atoms with van der Waals surface area (Å²) >= 11 is 0. The predicted molar refractivity (Wildman–Crippen MR) is 87.0 cm³/mol. The molecule has 2 N–H and O–H groups in total. The average molecular weight is 410 g/mol. The van der Waals surface area contributed by atoms with Gasteiger partial charge in [0.2, 0.25) is 5.91 Å². The summed E-state index contributed by atoms with van der Waals surface area (Å²) in [6.45, 7) is 1.45. The van der Waals surface area contributed by atoms with Crippen LogP contribution in [0.4, 0.5) is 26.3 Å². The zero-order valence-electron chi connectivity index (χ0n) is 15.0. The molecule has 2 heterocycles. The average Bonchev–Trinajstić information content (AvgIpc) is 2.99. The van der Waals surface area contributed by atoms with Crippen molar-refractivity contribution < 1.29 is 35.9 Å². The smallest absolute Gasteiger partial charge is 0.372 e. The monoisotopic (exact) mass is 410 g/mol. The van der Waals surface area contributed by atoms with Crippen LogP contribution in [-0.4, -0.2) is 35.0 Å². The van der Waals surface area contributed by atoms with E-state index in [4.69, 9.17) is 10.5 Å². The Kier molecular flexibility index (Phi) is 5.16. The second-order valence-electron chi connectivity index (χ2n) is 7.65. The Morgan fingerprint density at radius 2 is 1.71 bits per heavy atom. The minimum Gasteiger partial charge on any atom is -0.372 e. The van der Waals surface area contributed by atoms with Gasteiger partial charge in [0.15, 0.2) is 0 Å². The fourth-order valence-electron chi connectivity index (χ4n) is 3.74. The molecule has 0 aromatic heterocycles. The van der Waals surface area contributed by atoms with Gasteiger partial charge >= 0.3 is 12.4 Å². The maximum atomic E-state index is 12.9. The lowest BCUT2D eigenvalue weighted by molar-refractivity contribution is -0.143. The van der Waals surface area contributed by atoms with E-state index < -0.39 is 41.7 Å². The van der Waals surface area contributed by atoms with Crippen LogP contribution in [0, 0.1) is 0 Å². The van der Waals surface area contributed by atoms with Gasteiger partial charge < -0.3 is 15.4 Å². The molecule has 156 valence electrons. The predicted octanol–water partition coefficient (Wildman–Crippen LogP) is 3.72. The fourth-order valence-corrected chi connectivity index (χ4v) is 3.74. The molecule has 2 fully saturated rings. The minimum atomic E-state index is -4.90. The zero-order valence-corrected chi connectivity index (χ0v) is 15.0. The van der Waals surface area contributed by atoms with Crippen molar-refractivity contribution in [1.82, 2.24) is 4.90 Å². The van der Waals surface area contributed by atoms with E-state index in [1.807, 2.05) is 0 Å². The number of carbonyl (C=O) groups excluding carboxylic acids is 1. The van der Waals surface area contributed by atoms with Crippen LogP contribution in [0.25, 0.3) is 0 Å². The first-order chi connectivity index (χ1) is 12.8. The molecule has 10 heteroatoms. The van der Waals surface area contributed by atoms with Gasteiger partial charge in [-0.3, -0.25) is 4.79 Å². The van der Waals surface area contributed by atoms with Gasteiger partial charge in [0.1, 0.15) is 0 Å². The summed E-state index contributed by atoms with van der Waals surface area (Å²) in [5.74, 6) is -0.215. The molecule has 0 bridgehead atoms. The summed E-state index contributed by atoms with van der Waals surface area (Å²) in [6.07, 6.45) is -8.59. The summed E-state index contributed by atoms with van der Waals surface area (Å²) in [7, 11) is 0. The van der Waals surface area contributed by atoms with Crippen LogP contribution < -0.4 is 5.73 Å². The van der Waals surface area contributed by atoms with Gasteiger partial charge in [-0.15, -0.1) is 0 Å². The van der Waals surface area contributed by atoms with Crippen LogP contribution >= 0.6 is 0 Å². The van der Waals surface area contributed by atoms with Gasteiger partial charge in [0, 0.05) is 12.6 Å². The maximum absolute atomic E-state index is 12.9. The number of rotatable bonds is 3.